The smallest absolute Gasteiger partial charge is 0.237 e. The molecule has 0 aliphatic carbocycles. The van der Waals surface area contributed by atoms with Gasteiger partial charge in [-0.15, -0.1) is 0 Å². The second-order valence-corrected chi connectivity index (χ2v) is 3.97. The van der Waals surface area contributed by atoms with Gasteiger partial charge in [-0.25, -0.2) is 0 Å². The predicted molar refractivity (Wildman–Crippen MR) is 58.8 cm³/mol. The average molecular weight is 201 g/mol. The van der Waals surface area contributed by atoms with E-state index in [1.807, 2.05) is 0 Å². The van der Waals surface area contributed by atoms with E-state index in [0.29, 0.717) is 6.42 Å². The van der Waals surface area contributed by atoms with Gasteiger partial charge in [-0.3, -0.25) is 4.79 Å². The molecule has 0 radical (unpaired) electrons. The number of hydrogen-bond donors (Lipinski definition) is 2. The monoisotopic (exact) mass is 201 g/mol. The Morgan fingerprint density at radius 3 is 2.29 bits per heavy atom. The van der Waals surface area contributed by atoms with Crippen LogP contribution in [0.15, 0.2) is 0 Å². The Morgan fingerprint density at radius 1 is 1.36 bits per heavy atom. The Bertz CT molecular complexity index is 180. The normalized spacial score (nSPS) is 15.5. The molecule has 0 heterocycles. The molecule has 0 saturated carbocycles. The number of hydrogen-bond acceptors (Lipinski definition) is 3. The van der Waals surface area contributed by atoms with Gasteiger partial charge in [0.25, 0.3) is 0 Å². The second kappa shape index (κ2) is 5.98. The Morgan fingerprint density at radius 2 is 1.93 bits per heavy atom. The van der Waals surface area contributed by atoms with E-state index in [9.17, 15) is 4.79 Å². The molecule has 1 unspecified atom stereocenters. The van der Waals surface area contributed by atoms with Crippen molar-refractivity contribution in [3.8, 4) is 0 Å². The molecule has 0 aromatic carbocycles. The van der Waals surface area contributed by atoms with Crippen LogP contribution in [0.1, 0.15) is 33.6 Å². The number of amides is 1. The lowest BCUT2D eigenvalue weighted by atomic mass is 9.98. The first-order valence-corrected chi connectivity index (χ1v) is 5.25. The van der Waals surface area contributed by atoms with Crippen LogP contribution in [0, 0.1) is 0 Å². The molecule has 0 bridgehead atoms. The van der Waals surface area contributed by atoms with E-state index in [2.05, 4.69) is 18.7 Å². The molecule has 14 heavy (non-hydrogen) atoms. The van der Waals surface area contributed by atoms with Crippen molar-refractivity contribution >= 4 is 5.91 Å². The largest absolute Gasteiger partial charge is 0.368 e. The molecular weight excluding hydrogens is 178 g/mol. The van der Waals surface area contributed by atoms with Gasteiger partial charge < -0.3 is 16.4 Å². The van der Waals surface area contributed by atoms with Crippen molar-refractivity contribution in [1.82, 2.24) is 4.90 Å². The Balaban J connectivity index is 3.95. The Labute approximate surface area is 86.6 Å². The van der Waals surface area contributed by atoms with Crippen molar-refractivity contribution in [2.75, 3.05) is 19.6 Å². The van der Waals surface area contributed by atoms with E-state index in [0.717, 1.165) is 26.1 Å². The van der Waals surface area contributed by atoms with Crippen LogP contribution in [0.5, 0.6) is 0 Å². The van der Waals surface area contributed by atoms with Crippen LogP contribution in [0.25, 0.3) is 0 Å². The zero-order valence-corrected chi connectivity index (χ0v) is 9.55. The Kier molecular flexibility index (Phi) is 5.72. The highest BCUT2D eigenvalue weighted by Gasteiger charge is 2.25. The molecule has 0 saturated heterocycles. The van der Waals surface area contributed by atoms with Crippen LogP contribution < -0.4 is 11.5 Å². The first kappa shape index (κ1) is 13.4. The van der Waals surface area contributed by atoms with Gasteiger partial charge in [-0.2, -0.15) is 0 Å². The van der Waals surface area contributed by atoms with E-state index < -0.39 is 11.4 Å². The van der Waals surface area contributed by atoms with Crippen LogP contribution in [0.4, 0.5) is 0 Å². The summed E-state index contributed by atoms with van der Waals surface area (Å²) in [5.41, 5.74) is 10.1. The maximum absolute atomic E-state index is 11.0. The van der Waals surface area contributed by atoms with Crippen molar-refractivity contribution in [2.45, 2.75) is 39.2 Å². The molecule has 4 nitrogen and oxygen atoms in total. The van der Waals surface area contributed by atoms with Gasteiger partial charge in [0.1, 0.15) is 0 Å². The average Bonchev–Trinajstić information content (AvgIpc) is 2.12. The van der Waals surface area contributed by atoms with Crippen LogP contribution >= 0.6 is 0 Å². The van der Waals surface area contributed by atoms with Crippen molar-refractivity contribution in [1.29, 1.82) is 0 Å². The highest BCUT2D eigenvalue weighted by atomic mass is 16.1. The van der Waals surface area contributed by atoms with Gasteiger partial charge in [-0.05, 0) is 32.9 Å². The third kappa shape index (κ3) is 4.58. The van der Waals surface area contributed by atoms with Gasteiger partial charge in [0.2, 0.25) is 5.91 Å². The number of rotatable bonds is 7. The maximum Gasteiger partial charge on any atom is 0.237 e. The Hall–Kier alpha value is -0.610. The third-order valence-electron chi connectivity index (χ3n) is 2.50. The van der Waals surface area contributed by atoms with Crippen molar-refractivity contribution in [3.63, 3.8) is 0 Å². The fourth-order valence-electron chi connectivity index (χ4n) is 1.26. The van der Waals surface area contributed by atoms with E-state index in [-0.39, 0.29) is 0 Å². The van der Waals surface area contributed by atoms with E-state index in [4.69, 9.17) is 11.5 Å². The third-order valence-corrected chi connectivity index (χ3v) is 2.50. The molecular formula is C10H23N3O. The van der Waals surface area contributed by atoms with Crippen LogP contribution in [0.3, 0.4) is 0 Å². The van der Waals surface area contributed by atoms with Gasteiger partial charge in [0.05, 0.1) is 5.54 Å². The molecule has 1 amide bonds. The standard InChI is InChI=1S/C10H23N3O/c1-4-7-13(5-2)8-6-10(3,12)9(11)14/h4-8,12H2,1-3H3,(H2,11,14). The topological polar surface area (TPSA) is 72.3 Å². The van der Waals surface area contributed by atoms with Gasteiger partial charge in [-0.1, -0.05) is 13.8 Å². The molecule has 84 valence electrons. The van der Waals surface area contributed by atoms with Crippen molar-refractivity contribution in [3.05, 3.63) is 0 Å². The molecule has 0 aliphatic heterocycles. The zero-order valence-electron chi connectivity index (χ0n) is 9.55. The number of primary amides is 1. The summed E-state index contributed by atoms with van der Waals surface area (Å²) in [6, 6.07) is 0. The minimum Gasteiger partial charge on any atom is -0.368 e. The number of nitrogens with two attached hydrogens (primary N) is 2. The first-order chi connectivity index (χ1) is 6.44. The van der Waals surface area contributed by atoms with Crippen molar-refractivity contribution in [2.24, 2.45) is 11.5 Å². The highest BCUT2D eigenvalue weighted by molar-refractivity contribution is 5.83. The second-order valence-electron chi connectivity index (χ2n) is 3.97. The summed E-state index contributed by atoms with van der Waals surface area (Å²) >= 11 is 0. The van der Waals surface area contributed by atoms with Gasteiger partial charge >= 0.3 is 0 Å². The molecule has 0 aromatic heterocycles. The van der Waals surface area contributed by atoms with Gasteiger partial charge in [0, 0.05) is 6.54 Å². The number of carbonyl (C=O) groups excluding carboxylic acids is 1. The highest BCUT2D eigenvalue weighted by Crippen LogP contribution is 2.06. The summed E-state index contributed by atoms with van der Waals surface area (Å²) in [6.07, 6.45) is 1.74. The molecule has 4 heteroatoms. The summed E-state index contributed by atoms with van der Waals surface area (Å²) in [7, 11) is 0. The lowest BCUT2D eigenvalue weighted by Gasteiger charge is -2.25. The van der Waals surface area contributed by atoms with Gasteiger partial charge in [0.15, 0.2) is 0 Å². The SMILES string of the molecule is CCCN(CC)CCC(C)(N)C(N)=O. The molecule has 4 N–H and O–H groups in total. The summed E-state index contributed by atoms with van der Waals surface area (Å²) < 4.78 is 0. The number of carbonyl (C=O) groups is 1. The maximum atomic E-state index is 11.0. The minimum atomic E-state index is -0.874. The molecule has 0 fully saturated rings. The summed E-state index contributed by atoms with van der Waals surface area (Å²) in [4.78, 5) is 13.2. The zero-order chi connectivity index (χ0) is 11.2. The quantitative estimate of drug-likeness (QED) is 0.622. The first-order valence-electron chi connectivity index (χ1n) is 5.25. The fraction of sp³-hybridized carbons (Fsp3) is 0.900. The molecule has 0 spiro atoms. The summed E-state index contributed by atoms with van der Waals surface area (Å²) in [5.74, 6) is -0.426. The van der Waals surface area contributed by atoms with Crippen LogP contribution in [-0.2, 0) is 4.79 Å². The molecule has 1 atom stereocenters. The molecule has 0 rings (SSSR count). The summed E-state index contributed by atoms with van der Waals surface area (Å²) in [6.45, 7) is 8.80. The van der Waals surface area contributed by atoms with E-state index >= 15 is 0 Å². The minimum absolute atomic E-state index is 0.426. The summed E-state index contributed by atoms with van der Waals surface area (Å²) in [5, 5.41) is 0. The van der Waals surface area contributed by atoms with E-state index in [1.165, 1.54) is 0 Å². The molecule has 0 aromatic rings. The van der Waals surface area contributed by atoms with Crippen LogP contribution in [0.2, 0.25) is 0 Å². The molecule has 0 aliphatic rings. The van der Waals surface area contributed by atoms with Crippen molar-refractivity contribution < 1.29 is 4.79 Å². The fourth-order valence-corrected chi connectivity index (χ4v) is 1.26. The van der Waals surface area contributed by atoms with E-state index in [1.54, 1.807) is 6.92 Å². The number of nitrogens with zero attached hydrogens (tertiary/aromatic N) is 1. The van der Waals surface area contributed by atoms with Crippen LogP contribution in [-0.4, -0.2) is 36.0 Å². The predicted octanol–water partition coefficient (Wildman–Crippen LogP) is 0.311. The lowest BCUT2D eigenvalue weighted by molar-refractivity contribution is -0.122. The lowest BCUT2D eigenvalue weighted by Crippen LogP contribution is -2.51.